The van der Waals surface area contributed by atoms with E-state index in [9.17, 15) is 14.4 Å². The first-order chi connectivity index (χ1) is 11.8. The first-order valence-electron chi connectivity index (χ1n) is 7.72. The molecule has 0 radical (unpaired) electrons. The number of carbonyl (C=O) groups is 3. The fraction of sp³-hybridized carbons (Fsp3) is 0.294. The predicted octanol–water partition coefficient (Wildman–Crippen LogP) is 1.68. The second kappa shape index (κ2) is 6.03. The normalized spacial score (nSPS) is 21.4. The molecule has 3 amide bonds. The van der Waals surface area contributed by atoms with E-state index in [1.54, 1.807) is 11.0 Å². The number of para-hydroxylation sites is 1. The molecule has 0 bridgehead atoms. The average molecular weight is 358 g/mol. The molecule has 130 valence electrons. The predicted molar refractivity (Wildman–Crippen MR) is 96.8 cm³/mol. The Kier molecular flexibility index (Phi) is 4.16. The van der Waals surface area contributed by atoms with Crippen LogP contribution in [0.3, 0.4) is 0 Å². The molecular formula is C17H18N4O3S. The number of hydrazone groups is 1. The number of nitrogens with zero attached hydrogens (tertiary/aromatic N) is 3. The zero-order valence-corrected chi connectivity index (χ0v) is 15.0. The summed E-state index contributed by atoms with van der Waals surface area (Å²) in [6.07, 6.45) is 1.64. The summed E-state index contributed by atoms with van der Waals surface area (Å²) < 4.78 is 0. The fourth-order valence-electron chi connectivity index (χ4n) is 3.16. The summed E-state index contributed by atoms with van der Waals surface area (Å²) in [7, 11) is 0. The van der Waals surface area contributed by atoms with E-state index in [0.29, 0.717) is 12.1 Å². The summed E-state index contributed by atoms with van der Waals surface area (Å²) in [5.74, 6) is -0.972. The van der Waals surface area contributed by atoms with Crippen molar-refractivity contribution in [2.75, 3.05) is 11.4 Å². The van der Waals surface area contributed by atoms with Crippen LogP contribution in [0.15, 0.2) is 36.0 Å². The van der Waals surface area contributed by atoms with Gasteiger partial charge in [-0.05, 0) is 24.2 Å². The molecule has 0 saturated carbocycles. The number of amides is 3. The molecule has 8 heteroatoms. The first-order valence-corrected chi connectivity index (χ1v) is 8.53. The number of carbonyl (C=O) groups excluding carboxylic acids is 3. The van der Waals surface area contributed by atoms with Gasteiger partial charge in [0.2, 0.25) is 16.7 Å². The summed E-state index contributed by atoms with van der Waals surface area (Å²) in [5.41, 5.74) is 2.36. The lowest BCUT2D eigenvalue weighted by molar-refractivity contribution is -0.139. The van der Waals surface area contributed by atoms with E-state index in [1.807, 2.05) is 25.1 Å². The smallest absolute Gasteiger partial charge is 0.271 e. The van der Waals surface area contributed by atoms with E-state index in [4.69, 9.17) is 0 Å². The number of aryl methyl sites for hydroxylation is 1. The summed E-state index contributed by atoms with van der Waals surface area (Å²) >= 11 is 1.07. The third-order valence-electron chi connectivity index (χ3n) is 4.03. The molecule has 25 heavy (non-hydrogen) atoms. The highest BCUT2D eigenvalue weighted by atomic mass is 32.2. The Bertz CT molecular complexity index is 835. The van der Waals surface area contributed by atoms with Crippen LogP contribution in [0.5, 0.6) is 0 Å². The molecule has 0 aromatic heterocycles. The maximum atomic E-state index is 13.4. The molecule has 2 aliphatic rings. The number of amidine groups is 1. The van der Waals surface area contributed by atoms with Gasteiger partial charge < -0.3 is 10.2 Å². The highest BCUT2D eigenvalue weighted by molar-refractivity contribution is 8.15. The molecule has 1 spiro atoms. The van der Waals surface area contributed by atoms with Crippen molar-refractivity contribution >= 4 is 40.3 Å². The minimum atomic E-state index is -1.34. The van der Waals surface area contributed by atoms with Crippen LogP contribution < -0.4 is 10.2 Å². The van der Waals surface area contributed by atoms with Gasteiger partial charge in [-0.3, -0.25) is 14.4 Å². The van der Waals surface area contributed by atoms with Crippen LogP contribution in [0.2, 0.25) is 0 Å². The second-order valence-corrected chi connectivity index (χ2v) is 7.02. The van der Waals surface area contributed by atoms with Crippen molar-refractivity contribution in [3.63, 3.8) is 0 Å². The number of hydrogen-bond acceptors (Lipinski definition) is 5. The quantitative estimate of drug-likeness (QED) is 0.816. The molecule has 0 unspecified atom stereocenters. The minimum Gasteiger partial charge on any atom is -0.305 e. The molecule has 7 nitrogen and oxygen atoms in total. The first kappa shape index (κ1) is 17.2. The van der Waals surface area contributed by atoms with Gasteiger partial charge in [-0.2, -0.15) is 5.01 Å². The van der Waals surface area contributed by atoms with Gasteiger partial charge in [0.1, 0.15) is 0 Å². The van der Waals surface area contributed by atoms with Crippen LogP contribution in [0.1, 0.15) is 25.0 Å². The monoisotopic (exact) mass is 358 g/mol. The molecule has 0 fully saturated rings. The number of benzene rings is 1. The topological polar surface area (TPSA) is 82.1 Å². The van der Waals surface area contributed by atoms with Crippen LogP contribution in [-0.4, -0.2) is 34.4 Å². The van der Waals surface area contributed by atoms with Crippen molar-refractivity contribution in [3.8, 4) is 0 Å². The molecule has 1 aromatic carbocycles. The lowest BCUT2D eigenvalue weighted by Crippen LogP contribution is -2.48. The SMILES string of the molecule is C=CCN1C(=O)[C@]2(SC(NC(C)=O)=NN2C(C)=O)c2cccc(C)c21. The second-order valence-electron chi connectivity index (χ2n) is 5.84. The number of hydrogen-bond donors (Lipinski definition) is 1. The Morgan fingerprint density at radius 3 is 2.72 bits per heavy atom. The van der Waals surface area contributed by atoms with E-state index in [2.05, 4.69) is 17.0 Å². The van der Waals surface area contributed by atoms with Crippen LogP contribution >= 0.6 is 11.8 Å². The van der Waals surface area contributed by atoms with E-state index >= 15 is 0 Å². The summed E-state index contributed by atoms with van der Waals surface area (Å²) in [5, 5.41) is 8.16. The van der Waals surface area contributed by atoms with Crippen LogP contribution in [0, 0.1) is 6.92 Å². The molecule has 3 rings (SSSR count). The van der Waals surface area contributed by atoms with Crippen molar-refractivity contribution in [2.45, 2.75) is 25.6 Å². The molecule has 0 saturated heterocycles. The van der Waals surface area contributed by atoms with Crippen molar-refractivity contribution < 1.29 is 14.4 Å². The van der Waals surface area contributed by atoms with Crippen molar-refractivity contribution in [1.29, 1.82) is 0 Å². The number of rotatable bonds is 2. The van der Waals surface area contributed by atoms with Gasteiger partial charge in [-0.25, -0.2) is 0 Å². The largest absolute Gasteiger partial charge is 0.305 e. The highest BCUT2D eigenvalue weighted by Crippen LogP contribution is 2.55. The lowest BCUT2D eigenvalue weighted by atomic mass is 10.0. The Hall–Kier alpha value is -2.61. The Labute approximate surface area is 149 Å². The average Bonchev–Trinajstić information content (AvgIpc) is 3.01. The molecular weight excluding hydrogens is 340 g/mol. The Morgan fingerprint density at radius 1 is 1.40 bits per heavy atom. The lowest BCUT2D eigenvalue weighted by Gasteiger charge is -2.29. The van der Waals surface area contributed by atoms with Crippen LogP contribution in [0.25, 0.3) is 0 Å². The van der Waals surface area contributed by atoms with Crippen LogP contribution in [-0.2, 0) is 19.3 Å². The number of fused-ring (bicyclic) bond motifs is 2. The standard InChI is InChI=1S/C17H18N4O3S/c1-5-9-20-14-10(2)7-6-8-13(14)17(15(20)24)21(12(4)23)19-16(25-17)18-11(3)22/h5-8H,1,9H2,2-4H3,(H,18,19,22)/t17-/m1/s1. The molecule has 1 N–H and O–H groups in total. The van der Waals surface area contributed by atoms with Crippen molar-refractivity contribution in [1.82, 2.24) is 10.3 Å². The number of anilines is 1. The van der Waals surface area contributed by atoms with Gasteiger partial charge in [0, 0.05) is 26.0 Å². The summed E-state index contributed by atoms with van der Waals surface area (Å²) in [6, 6.07) is 5.57. The maximum Gasteiger partial charge on any atom is 0.271 e. The molecule has 2 aliphatic heterocycles. The number of nitrogens with one attached hydrogen (secondary N) is 1. The summed E-state index contributed by atoms with van der Waals surface area (Å²) in [4.78, 5) is 37.3. The zero-order chi connectivity index (χ0) is 18.4. The van der Waals surface area contributed by atoms with Gasteiger partial charge in [-0.15, -0.1) is 11.7 Å². The van der Waals surface area contributed by atoms with Crippen molar-refractivity contribution in [3.05, 3.63) is 42.0 Å². The van der Waals surface area contributed by atoms with Gasteiger partial charge in [0.25, 0.3) is 5.91 Å². The molecule has 1 atom stereocenters. The third kappa shape index (κ3) is 2.44. The van der Waals surface area contributed by atoms with Gasteiger partial charge in [-0.1, -0.05) is 24.3 Å². The van der Waals surface area contributed by atoms with Crippen molar-refractivity contribution in [2.24, 2.45) is 5.10 Å². The van der Waals surface area contributed by atoms with Gasteiger partial charge in [0.15, 0.2) is 5.17 Å². The maximum absolute atomic E-state index is 13.4. The fourth-order valence-corrected chi connectivity index (χ4v) is 4.48. The van der Waals surface area contributed by atoms with Gasteiger partial charge in [0.05, 0.1) is 5.69 Å². The summed E-state index contributed by atoms with van der Waals surface area (Å²) in [6.45, 7) is 8.65. The highest BCUT2D eigenvalue weighted by Gasteiger charge is 2.61. The van der Waals surface area contributed by atoms with E-state index in [-0.39, 0.29) is 22.9 Å². The minimum absolute atomic E-state index is 0.226. The zero-order valence-electron chi connectivity index (χ0n) is 14.2. The van der Waals surface area contributed by atoms with E-state index in [0.717, 1.165) is 28.0 Å². The molecule has 2 heterocycles. The number of thioether (sulfide) groups is 1. The molecule has 0 aliphatic carbocycles. The van der Waals surface area contributed by atoms with Crippen LogP contribution in [0.4, 0.5) is 5.69 Å². The Morgan fingerprint density at radius 2 is 2.12 bits per heavy atom. The van der Waals surface area contributed by atoms with E-state index in [1.165, 1.54) is 13.8 Å². The third-order valence-corrected chi connectivity index (χ3v) is 5.27. The molecule has 1 aromatic rings. The van der Waals surface area contributed by atoms with Gasteiger partial charge >= 0.3 is 0 Å². The van der Waals surface area contributed by atoms with E-state index < -0.39 is 4.87 Å². The Balaban J connectivity index is 2.20.